The second-order valence-corrected chi connectivity index (χ2v) is 8.98. The van der Waals surface area contributed by atoms with E-state index >= 15 is 0 Å². The number of hydrogen-bond donors (Lipinski definition) is 6. The van der Waals surface area contributed by atoms with Gasteiger partial charge in [-0.25, -0.2) is 4.21 Å². The summed E-state index contributed by atoms with van der Waals surface area (Å²) in [4.78, 5) is 12.3. The van der Waals surface area contributed by atoms with E-state index in [0.717, 1.165) is 0 Å². The number of hydrogen-bond acceptors (Lipinski definition) is 9. The minimum Gasteiger partial charge on any atom is -0.750 e. The summed E-state index contributed by atoms with van der Waals surface area (Å²) in [5.41, 5.74) is 0.850. The number of rotatable bonds is 5. The standard InChI is InChI=1S/C23H19N3O5S.2C2H6.CH4.H2O3S/c27-22-20-16(10-7-13-18(20)24-23(28)15-8-3-1-4-9-15)14-19(32(29,30)31)21(22)26-25-17-11-5-2-6-12-17;2*1-2;;1-4(2)3/h1-14,27,29-31H,(H,24,28);2*1-2H3;1H4;(H2,1,2,3)/p-1. The van der Waals surface area contributed by atoms with Gasteiger partial charge in [-0.3, -0.25) is 4.79 Å². The lowest BCUT2D eigenvalue weighted by molar-refractivity contribution is 0.102. The van der Waals surface area contributed by atoms with Crippen LogP contribution in [-0.4, -0.2) is 38.0 Å². The Labute approximate surface area is 244 Å². The Hall–Kier alpha value is -3.69. The van der Waals surface area contributed by atoms with Gasteiger partial charge in [-0.05, 0) is 41.8 Å². The van der Waals surface area contributed by atoms with Crippen molar-refractivity contribution in [1.82, 2.24) is 0 Å². The van der Waals surface area contributed by atoms with Crippen LogP contribution in [0.25, 0.3) is 10.8 Å². The van der Waals surface area contributed by atoms with E-state index in [0.29, 0.717) is 16.6 Å². The number of aromatic hydroxyl groups is 1. The molecule has 4 rings (SSSR count). The third-order valence-corrected chi connectivity index (χ3v) is 5.58. The van der Waals surface area contributed by atoms with Crippen molar-refractivity contribution >= 4 is 56.0 Å². The number of azo groups is 1. The Morgan fingerprint density at radius 3 is 1.88 bits per heavy atom. The Kier molecular flexibility index (Phi) is 16.9. The van der Waals surface area contributed by atoms with E-state index in [9.17, 15) is 23.6 Å². The minimum absolute atomic E-state index is 0. The molecule has 224 valence electrons. The maximum atomic E-state index is 12.6. The highest BCUT2D eigenvalue weighted by Gasteiger charge is 2.26. The number of phenolic OH excluding ortho intramolecular Hbond substituents is 1. The molecule has 0 bridgehead atoms. The fourth-order valence-corrected chi connectivity index (χ4v) is 3.88. The number of anilines is 1. The van der Waals surface area contributed by atoms with Crippen molar-refractivity contribution in [1.29, 1.82) is 0 Å². The van der Waals surface area contributed by atoms with Crippen molar-refractivity contribution in [2.75, 3.05) is 5.32 Å². The van der Waals surface area contributed by atoms with Gasteiger partial charge in [0.05, 0.1) is 27.6 Å². The molecule has 1 atom stereocenters. The molecule has 0 fully saturated rings. The minimum atomic E-state index is -4.23. The van der Waals surface area contributed by atoms with Gasteiger partial charge < -0.3 is 33.2 Å². The lowest BCUT2D eigenvalue weighted by Crippen LogP contribution is -2.12. The van der Waals surface area contributed by atoms with Crippen molar-refractivity contribution in [3.8, 4) is 5.75 Å². The molecule has 0 spiro atoms. The van der Waals surface area contributed by atoms with Crippen LogP contribution >= 0.6 is 10.9 Å². The third-order valence-electron chi connectivity index (χ3n) is 4.68. The second-order valence-electron chi connectivity index (χ2n) is 7.07. The van der Waals surface area contributed by atoms with E-state index in [-0.39, 0.29) is 35.0 Å². The van der Waals surface area contributed by atoms with Gasteiger partial charge in [0.1, 0.15) is 16.6 Å². The molecule has 11 nitrogen and oxygen atoms in total. The lowest BCUT2D eigenvalue weighted by Gasteiger charge is -2.22. The van der Waals surface area contributed by atoms with Crippen LogP contribution in [0.1, 0.15) is 45.5 Å². The zero-order valence-electron chi connectivity index (χ0n) is 22.3. The molecule has 1 amide bonds. The number of nitrogens with zero attached hydrogens (tertiary/aromatic N) is 2. The summed E-state index contributed by atoms with van der Waals surface area (Å²) in [5.74, 6) is -0.851. The van der Waals surface area contributed by atoms with Crippen LogP contribution in [0.3, 0.4) is 0 Å². The number of nitrogens with one attached hydrogen (secondary N) is 1. The SMILES string of the molecule is C.CC.CC.O=C(Nc1cccc2cc(S(O)(O)O)c(N=Nc3ccccc3)c(O)c12)c1ccccc1.O=S([O-])O. The zero-order chi connectivity index (χ0) is 30.3. The van der Waals surface area contributed by atoms with Crippen LogP contribution in [0.15, 0.2) is 100 Å². The molecule has 0 heterocycles. The number of phenols is 1. The quantitative estimate of drug-likeness (QED) is 0.0956. The molecule has 0 aromatic heterocycles. The number of carbonyl (C=O) groups excluding carboxylic acids is 1. The smallest absolute Gasteiger partial charge is 0.255 e. The molecule has 6 N–H and O–H groups in total. The molecule has 0 saturated carbocycles. The summed E-state index contributed by atoms with van der Waals surface area (Å²) in [6, 6.07) is 23.3. The van der Waals surface area contributed by atoms with E-state index in [2.05, 4.69) is 15.5 Å². The maximum Gasteiger partial charge on any atom is 0.255 e. The van der Waals surface area contributed by atoms with E-state index < -0.39 is 28.0 Å². The molecule has 1 unspecified atom stereocenters. The average molecular weight is 607 g/mol. The van der Waals surface area contributed by atoms with Crippen LogP contribution in [0.4, 0.5) is 17.1 Å². The summed E-state index contributed by atoms with van der Waals surface area (Å²) >= 11 is -2.86. The first kappa shape index (κ1) is 37.3. The largest absolute Gasteiger partial charge is 0.750 e. The molecule has 0 saturated heterocycles. The predicted molar refractivity (Wildman–Crippen MR) is 165 cm³/mol. The number of fused-ring (bicyclic) bond motifs is 1. The van der Waals surface area contributed by atoms with Crippen molar-refractivity contribution in [2.45, 2.75) is 40.0 Å². The van der Waals surface area contributed by atoms with Gasteiger partial charge in [0.25, 0.3) is 5.91 Å². The van der Waals surface area contributed by atoms with Crippen molar-refractivity contribution in [3.05, 3.63) is 90.5 Å². The summed E-state index contributed by atoms with van der Waals surface area (Å²) in [7, 11) is -4.23. The summed E-state index contributed by atoms with van der Waals surface area (Å²) in [6.45, 7) is 8.00. The van der Waals surface area contributed by atoms with E-state index in [1.807, 2.05) is 27.7 Å². The van der Waals surface area contributed by atoms with Gasteiger partial charge in [0, 0.05) is 10.9 Å². The van der Waals surface area contributed by atoms with Crippen LogP contribution in [-0.2, 0) is 11.4 Å². The van der Waals surface area contributed by atoms with Gasteiger partial charge in [-0.2, -0.15) is 5.11 Å². The molecule has 4 aromatic rings. The Morgan fingerprint density at radius 1 is 0.854 bits per heavy atom. The van der Waals surface area contributed by atoms with Crippen LogP contribution in [0, 0.1) is 0 Å². The highest BCUT2D eigenvalue weighted by atomic mass is 32.3. The Balaban J connectivity index is 0.00000161. The molecule has 13 heteroatoms. The van der Waals surface area contributed by atoms with E-state index in [1.54, 1.807) is 78.9 Å². The first-order valence-electron chi connectivity index (χ1n) is 12.0. The van der Waals surface area contributed by atoms with E-state index in [4.69, 9.17) is 13.3 Å². The Morgan fingerprint density at radius 2 is 1.37 bits per heavy atom. The highest BCUT2D eigenvalue weighted by molar-refractivity contribution is 8.19. The lowest BCUT2D eigenvalue weighted by atomic mass is 10.1. The van der Waals surface area contributed by atoms with Gasteiger partial charge >= 0.3 is 0 Å². The number of carbonyl (C=O) groups is 1. The Bertz CT molecular complexity index is 1410. The van der Waals surface area contributed by atoms with Crippen LogP contribution in [0.2, 0.25) is 0 Å². The first-order chi connectivity index (χ1) is 19.1. The third kappa shape index (κ3) is 11.4. The summed E-state index contributed by atoms with van der Waals surface area (Å²) in [6.07, 6.45) is 0. The predicted octanol–water partition coefficient (Wildman–Crippen LogP) is 8.82. The fraction of sp³-hybridized carbons (Fsp3) is 0.179. The first-order valence-corrected chi connectivity index (χ1v) is 14.5. The molecule has 0 aliphatic heterocycles. The van der Waals surface area contributed by atoms with Gasteiger partial charge in [-0.15, -0.1) is 5.11 Å². The van der Waals surface area contributed by atoms with Crippen LogP contribution in [0.5, 0.6) is 5.75 Å². The molecule has 0 aliphatic carbocycles. The summed E-state index contributed by atoms with van der Waals surface area (Å²) in [5, 5.41) is 22.3. The maximum absolute atomic E-state index is 12.6. The van der Waals surface area contributed by atoms with Crippen molar-refractivity contribution in [2.24, 2.45) is 10.2 Å². The van der Waals surface area contributed by atoms with Gasteiger partial charge in [0.15, 0.2) is 5.75 Å². The molecule has 0 radical (unpaired) electrons. The fourth-order valence-electron chi connectivity index (χ4n) is 3.20. The molecule has 41 heavy (non-hydrogen) atoms. The topological polar surface area (TPSA) is 195 Å². The van der Waals surface area contributed by atoms with Crippen LogP contribution < -0.4 is 5.32 Å². The highest BCUT2D eigenvalue weighted by Crippen LogP contribution is 2.55. The second kappa shape index (κ2) is 18.6. The number of amides is 1. The average Bonchev–Trinajstić information content (AvgIpc) is 2.95. The molecular weight excluding hydrogens is 570 g/mol. The zero-order valence-corrected chi connectivity index (χ0v) is 23.9. The molecular formula is C28H36N3O8S2-. The van der Waals surface area contributed by atoms with Gasteiger partial charge in [-0.1, -0.05) is 83.7 Å². The van der Waals surface area contributed by atoms with Gasteiger partial charge in [0.2, 0.25) is 0 Å². The van der Waals surface area contributed by atoms with Crippen molar-refractivity contribution < 1.29 is 36.9 Å². The molecule has 4 aromatic carbocycles. The number of benzene rings is 4. The normalized spacial score (nSPS) is 11.3. The molecule has 0 aliphatic rings. The monoisotopic (exact) mass is 606 g/mol. The van der Waals surface area contributed by atoms with E-state index in [1.165, 1.54) is 6.07 Å². The summed E-state index contributed by atoms with van der Waals surface area (Å²) < 4.78 is 53.9. The van der Waals surface area contributed by atoms with Crippen molar-refractivity contribution in [3.63, 3.8) is 0 Å².